The monoisotopic (exact) mass is 323 g/mol. The van der Waals surface area contributed by atoms with Gasteiger partial charge < -0.3 is 10.6 Å². The van der Waals surface area contributed by atoms with E-state index >= 15 is 0 Å². The second-order valence-corrected chi connectivity index (χ2v) is 6.01. The molecule has 2 bridgehead atoms. The van der Waals surface area contributed by atoms with E-state index in [0.29, 0.717) is 10.2 Å². The van der Waals surface area contributed by atoms with Crippen LogP contribution in [0, 0.1) is 5.92 Å². The van der Waals surface area contributed by atoms with Crippen molar-refractivity contribution in [1.29, 1.82) is 0 Å². The third-order valence-corrected chi connectivity index (χ3v) is 5.53. The Morgan fingerprint density at radius 2 is 2.20 bits per heavy atom. The molecule has 5 atom stereocenters. The summed E-state index contributed by atoms with van der Waals surface area (Å²) in [5.41, 5.74) is 0. The van der Waals surface area contributed by atoms with Gasteiger partial charge in [0.1, 0.15) is 0 Å². The van der Waals surface area contributed by atoms with Crippen molar-refractivity contribution in [2.45, 2.75) is 49.0 Å². The predicted octanol–water partition coefficient (Wildman–Crippen LogP) is 1.39. The minimum atomic E-state index is 0.532. The van der Waals surface area contributed by atoms with Gasteiger partial charge in [-0.15, -0.1) is 0 Å². The van der Waals surface area contributed by atoms with Gasteiger partial charge >= 0.3 is 0 Å². The average Bonchev–Trinajstić information content (AvgIpc) is 2.74. The van der Waals surface area contributed by atoms with Gasteiger partial charge in [0.05, 0.1) is 10.2 Å². The molecule has 0 aromatic carbocycles. The fraction of sp³-hybridized carbons (Fsp3) is 1.00. The maximum atomic E-state index is 3.54. The van der Waals surface area contributed by atoms with E-state index in [0.717, 1.165) is 24.5 Å². The summed E-state index contributed by atoms with van der Waals surface area (Å²) >= 11 is 2.63. The Morgan fingerprint density at radius 1 is 1.47 bits per heavy atom. The molecule has 5 unspecified atom stereocenters. The lowest BCUT2D eigenvalue weighted by Crippen LogP contribution is -2.54. The van der Waals surface area contributed by atoms with Gasteiger partial charge in [-0.25, -0.2) is 0 Å². The van der Waals surface area contributed by atoms with Gasteiger partial charge in [-0.05, 0) is 33.4 Å². The first-order valence-electron chi connectivity index (χ1n) is 6.01. The molecule has 1 saturated carbocycles. The van der Waals surface area contributed by atoms with Crippen molar-refractivity contribution in [3.8, 4) is 0 Å². The van der Waals surface area contributed by atoms with Crippen molar-refractivity contribution in [2.75, 3.05) is 13.6 Å². The Labute approximate surface area is 106 Å². The SMILES string of the molecule is CCNC(C)N1C2CC(NC)C(C2)C1I. The van der Waals surface area contributed by atoms with Crippen LogP contribution in [0.5, 0.6) is 0 Å². The number of likely N-dealkylation sites (tertiary alicyclic amines) is 1. The van der Waals surface area contributed by atoms with Gasteiger partial charge in [0.25, 0.3) is 0 Å². The molecule has 15 heavy (non-hydrogen) atoms. The van der Waals surface area contributed by atoms with Crippen LogP contribution in [0.2, 0.25) is 0 Å². The lowest BCUT2D eigenvalue weighted by atomic mass is 10.0. The van der Waals surface area contributed by atoms with E-state index in [4.69, 9.17) is 0 Å². The van der Waals surface area contributed by atoms with Crippen LogP contribution in [0.25, 0.3) is 0 Å². The molecule has 0 aromatic heterocycles. The van der Waals surface area contributed by atoms with Crippen LogP contribution in [0.4, 0.5) is 0 Å². The minimum Gasteiger partial charge on any atom is -0.317 e. The van der Waals surface area contributed by atoms with Gasteiger partial charge in [-0.3, -0.25) is 4.90 Å². The molecule has 4 heteroatoms. The third kappa shape index (κ3) is 2.06. The van der Waals surface area contributed by atoms with Gasteiger partial charge in [-0.2, -0.15) is 0 Å². The van der Waals surface area contributed by atoms with E-state index in [1.165, 1.54) is 12.8 Å². The summed E-state index contributed by atoms with van der Waals surface area (Å²) in [6.07, 6.45) is 3.25. The van der Waals surface area contributed by atoms with Crippen molar-refractivity contribution in [3.63, 3.8) is 0 Å². The maximum Gasteiger partial charge on any atom is 0.0678 e. The molecule has 0 aromatic rings. The van der Waals surface area contributed by atoms with E-state index in [-0.39, 0.29) is 0 Å². The van der Waals surface area contributed by atoms with Crippen LogP contribution in [0.1, 0.15) is 26.7 Å². The van der Waals surface area contributed by atoms with Crippen molar-refractivity contribution < 1.29 is 0 Å². The Morgan fingerprint density at radius 3 is 2.73 bits per heavy atom. The van der Waals surface area contributed by atoms with Crippen LogP contribution < -0.4 is 10.6 Å². The topological polar surface area (TPSA) is 27.3 Å². The molecular weight excluding hydrogens is 301 g/mol. The summed E-state index contributed by atoms with van der Waals surface area (Å²) in [5.74, 6) is 0.849. The van der Waals surface area contributed by atoms with Crippen molar-refractivity contribution in [3.05, 3.63) is 0 Å². The Kier molecular flexibility index (Phi) is 3.91. The van der Waals surface area contributed by atoms with E-state index in [1.54, 1.807) is 0 Å². The standard InChI is InChI=1S/C11H22IN3/c1-4-14-7(2)15-8-5-9(11(15)12)10(6-8)13-3/h7-11,13-14H,4-6H2,1-3H3. The summed E-state index contributed by atoms with van der Waals surface area (Å²) in [7, 11) is 2.10. The molecule has 3 nitrogen and oxygen atoms in total. The zero-order valence-corrected chi connectivity index (χ0v) is 12.0. The Balaban J connectivity index is 2.00. The number of hydrogen-bond donors (Lipinski definition) is 2. The van der Waals surface area contributed by atoms with E-state index in [9.17, 15) is 0 Å². The smallest absolute Gasteiger partial charge is 0.0678 e. The molecule has 2 fully saturated rings. The number of piperidine rings is 1. The lowest BCUT2D eigenvalue weighted by molar-refractivity contribution is 0.114. The highest BCUT2D eigenvalue weighted by Crippen LogP contribution is 2.45. The molecule has 0 radical (unpaired) electrons. The molecule has 1 heterocycles. The quantitative estimate of drug-likeness (QED) is 0.465. The zero-order chi connectivity index (χ0) is 11.0. The van der Waals surface area contributed by atoms with Gasteiger partial charge in [0.2, 0.25) is 0 Å². The average molecular weight is 323 g/mol. The number of nitrogens with one attached hydrogen (secondary N) is 2. The number of alkyl halides is 1. The molecule has 0 spiro atoms. The lowest BCUT2D eigenvalue weighted by Gasteiger charge is -2.39. The normalized spacial score (nSPS) is 42.4. The van der Waals surface area contributed by atoms with E-state index < -0.39 is 0 Å². The summed E-state index contributed by atoms with van der Waals surface area (Å²) in [6.45, 7) is 5.54. The molecule has 2 rings (SSSR count). The van der Waals surface area contributed by atoms with Crippen molar-refractivity contribution >= 4 is 22.6 Å². The first-order valence-corrected chi connectivity index (χ1v) is 7.25. The summed E-state index contributed by atoms with van der Waals surface area (Å²) in [5, 5.41) is 7.00. The molecule has 2 N–H and O–H groups in total. The first kappa shape index (κ1) is 12.1. The summed E-state index contributed by atoms with van der Waals surface area (Å²) in [4.78, 5) is 2.67. The molecule has 2 aliphatic rings. The van der Waals surface area contributed by atoms with Crippen molar-refractivity contribution in [1.82, 2.24) is 15.5 Å². The number of halogens is 1. The number of hydrogen-bond acceptors (Lipinski definition) is 3. The van der Waals surface area contributed by atoms with Crippen LogP contribution in [-0.4, -0.2) is 40.8 Å². The highest BCUT2D eigenvalue weighted by atomic mass is 127. The van der Waals surface area contributed by atoms with E-state index in [1.807, 2.05) is 0 Å². The van der Waals surface area contributed by atoms with Gasteiger partial charge in [0, 0.05) is 18.0 Å². The van der Waals surface area contributed by atoms with Crippen LogP contribution in [0.3, 0.4) is 0 Å². The fourth-order valence-corrected chi connectivity index (χ4v) is 5.01. The summed E-state index contributed by atoms with van der Waals surface area (Å²) in [6, 6.07) is 1.55. The first-order chi connectivity index (χ1) is 7.19. The molecule has 1 aliphatic carbocycles. The molecular formula is C11H22IN3. The molecule has 1 aliphatic heterocycles. The van der Waals surface area contributed by atoms with Gasteiger partial charge in [-0.1, -0.05) is 29.5 Å². The van der Waals surface area contributed by atoms with E-state index in [2.05, 4.69) is 59.0 Å². The zero-order valence-electron chi connectivity index (χ0n) is 9.83. The van der Waals surface area contributed by atoms with Crippen LogP contribution in [-0.2, 0) is 0 Å². The van der Waals surface area contributed by atoms with Crippen LogP contribution >= 0.6 is 22.6 Å². The van der Waals surface area contributed by atoms with Crippen LogP contribution in [0.15, 0.2) is 0 Å². The Hall–Kier alpha value is 0.610. The number of rotatable bonds is 4. The molecule has 0 amide bonds. The maximum absolute atomic E-state index is 3.54. The molecule has 88 valence electrons. The third-order valence-electron chi connectivity index (χ3n) is 3.96. The fourth-order valence-electron chi connectivity index (χ4n) is 3.28. The number of nitrogens with zero attached hydrogens (tertiary/aromatic N) is 1. The largest absolute Gasteiger partial charge is 0.317 e. The van der Waals surface area contributed by atoms with Crippen molar-refractivity contribution in [2.24, 2.45) is 5.92 Å². The molecule has 1 saturated heterocycles. The highest BCUT2D eigenvalue weighted by molar-refractivity contribution is 14.1. The number of fused-ring (bicyclic) bond motifs is 2. The summed E-state index contributed by atoms with van der Waals surface area (Å²) < 4.78 is 0.702. The highest BCUT2D eigenvalue weighted by Gasteiger charge is 2.50. The predicted molar refractivity (Wildman–Crippen MR) is 72.1 cm³/mol. The second-order valence-electron chi connectivity index (χ2n) is 4.74. The Bertz CT molecular complexity index is 220. The second kappa shape index (κ2) is 4.85. The minimum absolute atomic E-state index is 0.532. The van der Waals surface area contributed by atoms with Gasteiger partial charge in [0.15, 0.2) is 0 Å².